The van der Waals surface area contributed by atoms with E-state index in [1.165, 1.54) is 0 Å². The predicted octanol–water partition coefficient (Wildman–Crippen LogP) is 6.36. The van der Waals surface area contributed by atoms with E-state index >= 15 is 0 Å². The minimum atomic E-state index is -0.407. The van der Waals surface area contributed by atoms with Crippen molar-refractivity contribution in [1.82, 2.24) is 4.98 Å². The maximum absolute atomic E-state index is 13.5. The van der Waals surface area contributed by atoms with Gasteiger partial charge >= 0.3 is 5.97 Å². The molecule has 37 heavy (non-hydrogen) atoms. The zero-order valence-electron chi connectivity index (χ0n) is 20.8. The molecular weight excluding hydrogens is 464 g/mol. The van der Waals surface area contributed by atoms with Gasteiger partial charge in [0.15, 0.2) is 11.5 Å². The third-order valence-corrected chi connectivity index (χ3v) is 6.62. The first kappa shape index (κ1) is 24.1. The summed E-state index contributed by atoms with van der Waals surface area (Å²) < 4.78 is 16.6. The fourth-order valence-electron chi connectivity index (χ4n) is 4.82. The van der Waals surface area contributed by atoms with Crippen LogP contribution in [0.5, 0.6) is 11.5 Å². The Balaban J connectivity index is 1.57. The van der Waals surface area contributed by atoms with E-state index in [0.29, 0.717) is 28.2 Å². The second-order valence-corrected chi connectivity index (χ2v) is 8.81. The lowest BCUT2D eigenvalue weighted by molar-refractivity contribution is 0.0473. The zero-order valence-corrected chi connectivity index (χ0v) is 20.8. The summed E-state index contributed by atoms with van der Waals surface area (Å²) in [7, 11) is 3.23. The number of fused-ring (bicyclic) bond motifs is 2. The number of nitrogens with zero attached hydrogens (tertiary/aromatic N) is 2. The van der Waals surface area contributed by atoms with Gasteiger partial charge in [-0.15, -0.1) is 0 Å². The molecule has 0 radical (unpaired) electrons. The van der Waals surface area contributed by atoms with Gasteiger partial charge in [-0.25, -0.2) is 9.78 Å². The fourth-order valence-corrected chi connectivity index (χ4v) is 4.82. The Bertz CT molecular complexity index is 1570. The Hall–Kier alpha value is -4.63. The molecule has 3 aromatic carbocycles. The molecule has 0 saturated carbocycles. The normalized spacial score (nSPS) is 13.6. The number of hydrogen-bond donors (Lipinski definition) is 0. The number of hydrogen-bond acceptors (Lipinski definition) is 6. The summed E-state index contributed by atoms with van der Waals surface area (Å²) in [4.78, 5) is 18.5. The molecule has 0 aliphatic heterocycles. The highest BCUT2D eigenvalue weighted by Gasteiger charge is 2.26. The maximum atomic E-state index is 13.5. The van der Waals surface area contributed by atoms with Crippen LogP contribution >= 0.6 is 0 Å². The van der Waals surface area contributed by atoms with E-state index in [4.69, 9.17) is 19.2 Å². The molecule has 0 unspecified atom stereocenters. The average molecular weight is 491 g/mol. The van der Waals surface area contributed by atoms with E-state index in [9.17, 15) is 10.1 Å². The molecule has 184 valence electrons. The van der Waals surface area contributed by atoms with Crippen molar-refractivity contribution in [3.8, 4) is 17.6 Å². The minimum Gasteiger partial charge on any atom is -0.493 e. The van der Waals surface area contributed by atoms with Crippen molar-refractivity contribution in [3.05, 3.63) is 100 Å². The van der Waals surface area contributed by atoms with Gasteiger partial charge in [0.05, 0.1) is 42.6 Å². The lowest BCUT2D eigenvalue weighted by atomic mass is 9.86. The Morgan fingerprint density at radius 1 is 1.00 bits per heavy atom. The zero-order chi connectivity index (χ0) is 25.8. The van der Waals surface area contributed by atoms with Gasteiger partial charge in [-0.05, 0) is 66.3 Å². The molecule has 6 heteroatoms. The van der Waals surface area contributed by atoms with Crippen LogP contribution < -0.4 is 9.47 Å². The monoisotopic (exact) mass is 490 g/mol. The highest BCUT2D eigenvalue weighted by atomic mass is 16.5. The lowest BCUT2D eigenvalue weighted by Crippen LogP contribution is -2.15. The van der Waals surface area contributed by atoms with Crippen LogP contribution in [0.1, 0.15) is 51.1 Å². The Kier molecular flexibility index (Phi) is 6.87. The number of aromatic nitrogens is 1. The SMILES string of the molecule is COc1ccc(C=C2CCCc3c2nc2ccccc2c3C(=O)OCc2ccccc2C#N)cc1OC. The Morgan fingerprint density at radius 2 is 1.78 bits per heavy atom. The highest BCUT2D eigenvalue weighted by Crippen LogP contribution is 2.37. The van der Waals surface area contributed by atoms with Gasteiger partial charge in [-0.3, -0.25) is 0 Å². The highest BCUT2D eigenvalue weighted by molar-refractivity contribution is 6.06. The van der Waals surface area contributed by atoms with Crippen LogP contribution in [-0.2, 0) is 17.8 Å². The number of ether oxygens (including phenoxy) is 3. The third-order valence-electron chi connectivity index (χ3n) is 6.62. The van der Waals surface area contributed by atoms with Gasteiger partial charge in [-0.1, -0.05) is 42.5 Å². The standard InChI is InChI=1S/C31H26N2O4/c1-35-27-15-14-20(17-28(27)36-2)16-21-10-7-12-25-29(24-11-5-6-13-26(24)33-30(21)25)31(34)37-19-23-9-4-3-8-22(23)18-32/h3-6,8-9,11,13-17H,7,10,12,19H2,1-2H3. The van der Waals surface area contributed by atoms with E-state index < -0.39 is 5.97 Å². The number of carbonyl (C=O) groups excluding carboxylic acids is 1. The number of benzene rings is 3. The minimum absolute atomic E-state index is 0.0301. The second-order valence-electron chi connectivity index (χ2n) is 8.81. The van der Waals surface area contributed by atoms with E-state index in [0.717, 1.165) is 52.6 Å². The molecule has 4 aromatic rings. The van der Waals surface area contributed by atoms with Crippen molar-refractivity contribution >= 4 is 28.5 Å². The summed E-state index contributed by atoms with van der Waals surface area (Å²) >= 11 is 0. The lowest BCUT2D eigenvalue weighted by Gasteiger charge is -2.22. The Morgan fingerprint density at radius 3 is 2.59 bits per heavy atom. The van der Waals surface area contributed by atoms with Crippen LogP contribution in [0.4, 0.5) is 0 Å². The third kappa shape index (κ3) is 4.76. The quantitative estimate of drug-likeness (QED) is 0.293. The molecule has 6 nitrogen and oxygen atoms in total. The Labute approximate surface area is 215 Å². The molecule has 5 rings (SSSR count). The van der Waals surface area contributed by atoms with Crippen LogP contribution in [0, 0.1) is 11.3 Å². The van der Waals surface area contributed by atoms with E-state index in [1.54, 1.807) is 32.4 Å². The number of rotatable bonds is 6. The molecular formula is C31H26N2O4. The number of pyridine rings is 1. The van der Waals surface area contributed by atoms with Gasteiger partial charge in [0, 0.05) is 10.9 Å². The summed E-state index contributed by atoms with van der Waals surface area (Å²) in [6, 6.07) is 22.7. The molecule has 0 saturated heterocycles. The number of allylic oxidation sites excluding steroid dienone is 1. The smallest absolute Gasteiger partial charge is 0.339 e. The largest absolute Gasteiger partial charge is 0.493 e. The summed E-state index contributed by atoms with van der Waals surface area (Å²) in [5.74, 6) is 0.914. The van der Waals surface area contributed by atoms with Crippen molar-refractivity contribution in [1.29, 1.82) is 5.26 Å². The first-order chi connectivity index (χ1) is 18.1. The number of para-hydroxylation sites is 1. The number of carbonyl (C=O) groups is 1. The molecule has 0 atom stereocenters. The van der Waals surface area contributed by atoms with Gasteiger partial charge < -0.3 is 14.2 Å². The molecule has 0 amide bonds. The van der Waals surface area contributed by atoms with Crippen molar-refractivity contribution in [2.45, 2.75) is 25.9 Å². The van der Waals surface area contributed by atoms with Crippen molar-refractivity contribution < 1.29 is 19.0 Å². The number of esters is 1. The van der Waals surface area contributed by atoms with Crippen LogP contribution in [0.2, 0.25) is 0 Å². The summed E-state index contributed by atoms with van der Waals surface area (Å²) in [5, 5.41) is 10.2. The number of nitriles is 1. The van der Waals surface area contributed by atoms with Gasteiger partial charge in [0.1, 0.15) is 6.61 Å². The van der Waals surface area contributed by atoms with Crippen LogP contribution in [-0.4, -0.2) is 25.2 Å². The summed E-state index contributed by atoms with van der Waals surface area (Å²) in [6.45, 7) is 0.0301. The molecule has 0 fully saturated rings. The van der Waals surface area contributed by atoms with Gasteiger partial charge in [0.2, 0.25) is 0 Å². The van der Waals surface area contributed by atoms with Crippen molar-refractivity contribution in [2.75, 3.05) is 14.2 Å². The first-order valence-corrected chi connectivity index (χ1v) is 12.1. The van der Waals surface area contributed by atoms with E-state index in [-0.39, 0.29) is 6.61 Å². The molecule has 1 aromatic heterocycles. The van der Waals surface area contributed by atoms with Crippen LogP contribution in [0.15, 0.2) is 66.7 Å². The molecule has 1 aliphatic rings. The second kappa shape index (κ2) is 10.5. The van der Waals surface area contributed by atoms with E-state index in [1.807, 2.05) is 48.5 Å². The topological polar surface area (TPSA) is 81.4 Å². The average Bonchev–Trinajstić information content (AvgIpc) is 2.95. The molecule has 1 heterocycles. The van der Waals surface area contributed by atoms with Crippen molar-refractivity contribution in [3.63, 3.8) is 0 Å². The molecule has 0 N–H and O–H groups in total. The first-order valence-electron chi connectivity index (χ1n) is 12.1. The van der Waals surface area contributed by atoms with Crippen LogP contribution in [0.25, 0.3) is 22.6 Å². The van der Waals surface area contributed by atoms with Crippen LogP contribution in [0.3, 0.4) is 0 Å². The molecule has 0 spiro atoms. The molecule has 1 aliphatic carbocycles. The summed E-state index contributed by atoms with van der Waals surface area (Å²) in [6.07, 6.45) is 4.57. The van der Waals surface area contributed by atoms with Gasteiger partial charge in [-0.2, -0.15) is 5.26 Å². The fraction of sp³-hybridized carbons (Fsp3) is 0.194. The molecule has 0 bridgehead atoms. The van der Waals surface area contributed by atoms with E-state index in [2.05, 4.69) is 12.1 Å². The van der Waals surface area contributed by atoms with Gasteiger partial charge in [0.25, 0.3) is 0 Å². The number of methoxy groups -OCH3 is 2. The summed E-state index contributed by atoms with van der Waals surface area (Å²) in [5.41, 5.74) is 6.21. The predicted molar refractivity (Wildman–Crippen MR) is 142 cm³/mol. The van der Waals surface area contributed by atoms with Crippen molar-refractivity contribution in [2.24, 2.45) is 0 Å². The maximum Gasteiger partial charge on any atom is 0.339 e.